The first-order chi connectivity index (χ1) is 13.8. The SMILES string of the molecule is COC(=O)c1ccc(Cl)c(S(=O)(=O)Oc2ccc(NC(=O)c3ccco3)cc2)c1. The number of hydrogen-bond donors (Lipinski definition) is 1. The molecule has 1 N–H and O–H groups in total. The number of carbonyl (C=O) groups excluding carboxylic acids is 2. The monoisotopic (exact) mass is 435 g/mol. The van der Waals surface area contributed by atoms with Gasteiger partial charge in [-0.15, -0.1) is 0 Å². The molecule has 3 aromatic rings. The van der Waals surface area contributed by atoms with E-state index in [1.54, 1.807) is 6.07 Å². The Hall–Kier alpha value is -3.30. The zero-order valence-corrected chi connectivity index (χ0v) is 16.5. The van der Waals surface area contributed by atoms with Gasteiger partial charge in [0, 0.05) is 5.69 Å². The molecule has 0 saturated carbocycles. The van der Waals surface area contributed by atoms with Gasteiger partial charge in [-0.25, -0.2) is 4.79 Å². The van der Waals surface area contributed by atoms with E-state index in [0.29, 0.717) is 5.69 Å². The summed E-state index contributed by atoms with van der Waals surface area (Å²) in [7, 11) is -3.15. The lowest BCUT2D eigenvalue weighted by molar-refractivity contribution is 0.0600. The summed E-state index contributed by atoms with van der Waals surface area (Å²) in [4.78, 5) is 23.2. The third-order valence-electron chi connectivity index (χ3n) is 3.68. The van der Waals surface area contributed by atoms with Crippen LogP contribution in [-0.4, -0.2) is 27.4 Å². The number of ether oxygens (including phenoxy) is 1. The zero-order valence-electron chi connectivity index (χ0n) is 14.9. The van der Waals surface area contributed by atoms with E-state index in [1.165, 1.54) is 55.8 Å². The van der Waals surface area contributed by atoms with E-state index in [1.807, 2.05) is 0 Å². The summed E-state index contributed by atoms with van der Waals surface area (Å²) < 4.78 is 39.8. The van der Waals surface area contributed by atoms with Crippen LogP contribution in [0.2, 0.25) is 5.02 Å². The van der Waals surface area contributed by atoms with Crippen molar-refractivity contribution in [2.45, 2.75) is 4.90 Å². The van der Waals surface area contributed by atoms with Crippen LogP contribution in [0.15, 0.2) is 70.2 Å². The first kappa shape index (κ1) is 20.4. The molecule has 0 saturated heterocycles. The Labute approximate surface area is 171 Å². The lowest BCUT2D eigenvalue weighted by Gasteiger charge is -2.10. The minimum atomic E-state index is -4.32. The van der Waals surface area contributed by atoms with Gasteiger partial charge in [0.2, 0.25) is 0 Å². The molecule has 0 bridgehead atoms. The van der Waals surface area contributed by atoms with E-state index in [2.05, 4.69) is 10.1 Å². The van der Waals surface area contributed by atoms with Crippen molar-refractivity contribution in [3.05, 3.63) is 77.2 Å². The van der Waals surface area contributed by atoms with Gasteiger partial charge in [0.1, 0.15) is 10.6 Å². The zero-order chi connectivity index (χ0) is 21.0. The van der Waals surface area contributed by atoms with Gasteiger partial charge in [-0.3, -0.25) is 4.79 Å². The molecule has 8 nitrogen and oxygen atoms in total. The van der Waals surface area contributed by atoms with Crippen molar-refractivity contribution in [1.29, 1.82) is 0 Å². The maximum absolute atomic E-state index is 12.6. The Morgan fingerprint density at radius 1 is 1.07 bits per heavy atom. The quantitative estimate of drug-likeness (QED) is 0.463. The number of methoxy groups -OCH3 is 1. The van der Waals surface area contributed by atoms with Crippen LogP contribution in [-0.2, 0) is 14.9 Å². The van der Waals surface area contributed by atoms with Crippen LogP contribution in [0.1, 0.15) is 20.9 Å². The van der Waals surface area contributed by atoms with Gasteiger partial charge in [-0.2, -0.15) is 8.42 Å². The molecular formula is C19H14ClNO7S. The van der Waals surface area contributed by atoms with Crippen LogP contribution in [0.4, 0.5) is 5.69 Å². The molecule has 1 heterocycles. The predicted molar refractivity (Wildman–Crippen MR) is 104 cm³/mol. The van der Waals surface area contributed by atoms with Crippen LogP contribution in [0.25, 0.3) is 0 Å². The highest BCUT2D eigenvalue weighted by molar-refractivity contribution is 7.87. The topological polar surface area (TPSA) is 112 Å². The molecule has 0 radical (unpaired) electrons. The molecule has 0 aliphatic carbocycles. The van der Waals surface area contributed by atoms with E-state index in [0.717, 1.165) is 6.07 Å². The molecule has 0 aliphatic heterocycles. The summed E-state index contributed by atoms with van der Waals surface area (Å²) in [5.74, 6) is -1.05. The summed E-state index contributed by atoms with van der Waals surface area (Å²) in [6.07, 6.45) is 1.37. The van der Waals surface area contributed by atoms with E-state index in [-0.39, 0.29) is 27.0 Å². The third kappa shape index (κ3) is 4.76. The standard InChI is InChI=1S/C19H14ClNO7S/c1-26-19(23)12-4-9-15(20)17(11-12)29(24,25)28-14-7-5-13(6-8-14)21-18(22)16-3-2-10-27-16/h2-11H,1H3,(H,21,22). The predicted octanol–water partition coefficient (Wildman–Crippen LogP) is 3.74. The van der Waals surface area contributed by atoms with Crippen LogP contribution in [0.3, 0.4) is 0 Å². The van der Waals surface area contributed by atoms with Gasteiger partial charge in [0.25, 0.3) is 5.91 Å². The summed E-state index contributed by atoms with van der Waals surface area (Å²) >= 11 is 5.96. The average Bonchev–Trinajstić information content (AvgIpc) is 3.24. The lowest BCUT2D eigenvalue weighted by Crippen LogP contribution is -2.13. The fourth-order valence-electron chi connectivity index (χ4n) is 2.31. The Morgan fingerprint density at radius 2 is 1.79 bits per heavy atom. The van der Waals surface area contributed by atoms with E-state index >= 15 is 0 Å². The van der Waals surface area contributed by atoms with Crippen molar-refractivity contribution in [2.75, 3.05) is 12.4 Å². The van der Waals surface area contributed by atoms with Crippen LogP contribution >= 0.6 is 11.6 Å². The smallest absolute Gasteiger partial charge is 0.340 e. The molecule has 0 aliphatic rings. The second-order valence-electron chi connectivity index (χ2n) is 5.63. The molecule has 1 aromatic heterocycles. The molecule has 29 heavy (non-hydrogen) atoms. The summed E-state index contributed by atoms with van der Waals surface area (Å²) in [6.45, 7) is 0. The maximum atomic E-state index is 12.6. The first-order valence-corrected chi connectivity index (χ1v) is 9.86. The molecule has 0 atom stereocenters. The van der Waals surface area contributed by atoms with Crippen molar-refractivity contribution in [3.8, 4) is 5.75 Å². The van der Waals surface area contributed by atoms with Crippen molar-refractivity contribution >= 4 is 39.3 Å². The largest absolute Gasteiger partial charge is 0.465 e. The highest BCUT2D eigenvalue weighted by Gasteiger charge is 2.23. The molecule has 2 aromatic carbocycles. The summed E-state index contributed by atoms with van der Waals surface area (Å²) in [5, 5.41) is 2.48. The Morgan fingerprint density at radius 3 is 2.41 bits per heavy atom. The van der Waals surface area contributed by atoms with E-state index in [4.69, 9.17) is 20.2 Å². The van der Waals surface area contributed by atoms with E-state index < -0.39 is 22.0 Å². The third-order valence-corrected chi connectivity index (χ3v) is 5.41. The van der Waals surface area contributed by atoms with Gasteiger partial charge < -0.3 is 18.7 Å². The second-order valence-corrected chi connectivity index (χ2v) is 7.55. The van der Waals surface area contributed by atoms with Crippen molar-refractivity contribution in [3.63, 3.8) is 0 Å². The number of nitrogens with one attached hydrogen (secondary N) is 1. The molecule has 0 spiro atoms. The van der Waals surface area contributed by atoms with Crippen LogP contribution in [0.5, 0.6) is 5.75 Å². The van der Waals surface area contributed by atoms with Gasteiger partial charge in [-0.05, 0) is 54.6 Å². The fraction of sp³-hybridized carbons (Fsp3) is 0.0526. The molecule has 0 unspecified atom stereocenters. The number of esters is 1. The molecular weight excluding hydrogens is 422 g/mol. The number of rotatable bonds is 6. The van der Waals surface area contributed by atoms with Gasteiger partial charge in [0.05, 0.1) is 24.0 Å². The van der Waals surface area contributed by atoms with Gasteiger partial charge >= 0.3 is 16.1 Å². The van der Waals surface area contributed by atoms with Gasteiger partial charge in [0.15, 0.2) is 5.76 Å². The minimum absolute atomic E-state index is 0.00932. The first-order valence-electron chi connectivity index (χ1n) is 8.07. The Kier molecular flexibility index (Phi) is 5.90. The molecule has 0 fully saturated rings. The number of carbonyl (C=O) groups is 2. The Bertz CT molecular complexity index is 1140. The summed E-state index contributed by atoms with van der Waals surface area (Å²) in [5.41, 5.74) is 0.414. The Balaban J connectivity index is 1.77. The van der Waals surface area contributed by atoms with Gasteiger partial charge in [-0.1, -0.05) is 11.6 Å². The molecule has 3 rings (SSSR count). The van der Waals surface area contributed by atoms with Crippen molar-refractivity contribution in [2.24, 2.45) is 0 Å². The summed E-state index contributed by atoms with van der Waals surface area (Å²) in [6, 6.07) is 12.4. The molecule has 150 valence electrons. The number of furan rings is 1. The van der Waals surface area contributed by atoms with Crippen molar-refractivity contribution < 1.29 is 31.3 Å². The fourth-order valence-corrected chi connectivity index (χ4v) is 3.74. The minimum Gasteiger partial charge on any atom is -0.465 e. The molecule has 1 amide bonds. The van der Waals surface area contributed by atoms with Crippen LogP contribution in [0, 0.1) is 0 Å². The number of amides is 1. The second kappa shape index (κ2) is 8.38. The number of benzene rings is 2. The maximum Gasteiger partial charge on any atom is 0.340 e. The lowest BCUT2D eigenvalue weighted by atomic mass is 10.2. The van der Waals surface area contributed by atoms with Crippen LogP contribution < -0.4 is 9.50 Å². The number of hydrogen-bond acceptors (Lipinski definition) is 7. The van der Waals surface area contributed by atoms with Crippen molar-refractivity contribution in [1.82, 2.24) is 0 Å². The van der Waals surface area contributed by atoms with E-state index in [9.17, 15) is 18.0 Å². The number of anilines is 1. The molecule has 10 heteroatoms. The normalized spacial score (nSPS) is 11.0. The average molecular weight is 436 g/mol. The highest BCUT2D eigenvalue weighted by atomic mass is 35.5. The highest BCUT2D eigenvalue weighted by Crippen LogP contribution is 2.27. The number of halogens is 1.